The number of aromatic hydroxyl groups is 2. The summed E-state index contributed by atoms with van der Waals surface area (Å²) in [6.45, 7) is 0.687. The van der Waals surface area contributed by atoms with Crippen LogP contribution in [0.2, 0.25) is 0 Å². The summed E-state index contributed by atoms with van der Waals surface area (Å²) in [6, 6.07) is 7.77. The first kappa shape index (κ1) is 30.9. The summed E-state index contributed by atoms with van der Waals surface area (Å²) in [5.41, 5.74) is -0.414. The van der Waals surface area contributed by atoms with Gasteiger partial charge in [-0.1, -0.05) is 0 Å². The molecule has 0 amide bonds. The molecule has 3 aromatic rings. The molecule has 0 aliphatic carbocycles. The largest absolute Gasteiger partial charge is 0.507 e. The molecule has 10 atom stereocenters. The van der Waals surface area contributed by atoms with Gasteiger partial charge in [-0.2, -0.15) is 0 Å². The molecule has 5 rings (SSSR count). The lowest BCUT2D eigenvalue weighted by Gasteiger charge is -2.45. The summed E-state index contributed by atoms with van der Waals surface area (Å²) in [5, 5.41) is 82.2. The third-order valence-corrected chi connectivity index (χ3v) is 7.42. The number of rotatable bonds is 7. The van der Waals surface area contributed by atoms with Crippen LogP contribution in [-0.2, 0) is 14.2 Å². The molecule has 2 fully saturated rings. The van der Waals surface area contributed by atoms with Gasteiger partial charge in [-0.25, -0.2) is 0 Å². The molecule has 2 aliphatic rings. The first-order valence-corrected chi connectivity index (χ1v) is 13.3. The van der Waals surface area contributed by atoms with Crippen molar-refractivity contribution in [1.82, 2.24) is 0 Å². The third-order valence-electron chi connectivity index (χ3n) is 7.42. The third kappa shape index (κ3) is 5.86. The molecular weight excluding hydrogens is 576 g/mol. The molecule has 8 N–H and O–H groups in total. The number of ether oxygens (including phenoxy) is 5. The van der Waals surface area contributed by atoms with Crippen LogP contribution in [0, 0.1) is 0 Å². The van der Waals surface area contributed by atoms with E-state index in [9.17, 15) is 45.6 Å². The van der Waals surface area contributed by atoms with Gasteiger partial charge in [-0.3, -0.25) is 4.79 Å². The van der Waals surface area contributed by atoms with Gasteiger partial charge in [-0.05, 0) is 25.1 Å². The number of phenols is 2. The lowest BCUT2D eigenvalue weighted by molar-refractivity contribution is -0.354. The van der Waals surface area contributed by atoms with E-state index in [4.69, 9.17) is 28.1 Å². The summed E-state index contributed by atoms with van der Waals surface area (Å²) < 4.78 is 33.5. The highest BCUT2D eigenvalue weighted by molar-refractivity contribution is 5.86. The average molecular weight is 609 g/mol. The number of phenolic OH excluding ortho intramolecular Hbond substituents is 2. The number of benzene rings is 2. The SMILES string of the molecule is COc1ccc(-c2cc(=O)c3c(O)cc(O[C@@H]4O[C@H](CO)[C@@H](O)[C@@H](O)[C@@H]4O[C@@H]4O[C@H](C)[C@H](O)[C@H](O)[C@@H]4O)cc3o2)cc1O. The minimum atomic E-state index is -1.77. The summed E-state index contributed by atoms with van der Waals surface area (Å²) in [7, 11) is 1.38. The van der Waals surface area contributed by atoms with E-state index in [1.54, 1.807) is 6.07 Å². The smallest absolute Gasteiger partial charge is 0.229 e. The highest BCUT2D eigenvalue weighted by Gasteiger charge is 2.50. The lowest BCUT2D eigenvalue weighted by atomic mass is 9.97. The van der Waals surface area contributed by atoms with Gasteiger partial charge >= 0.3 is 0 Å². The number of aliphatic hydroxyl groups is 6. The molecule has 0 spiro atoms. The van der Waals surface area contributed by atoms with E-state index < -0.39 is 79.2 Å². The Morgan fingerprint density at radius 3 is 2.26 bits per heavy atom. The van der Waals surface area contributed by atoms with Crippen LogP contribution in [0.4, 0.5) is 0 Å². The van der Waals surface area contributed by atoms with Crippen LogP contribution < -0.4 is 14.9 Å². The van der Waals surface area contributed by atoms with E-state index in [-0.39, 0.29) is 34.0 Å². The average Bonchev–Trinajstić information content (AvgIpc) is 2.97. The summed E-state index contributed by atoms with van der Waals surface area (Å²) in [5.74, 6) is -0.653. The lowest BCUT2D eigenvalue weighted by Crippen LogP contribution is -2.64. The number of hydrogen-bond donors (Lipinski definition) is 8. The number of methoxy groups -OCH3 is 1. The first-order chi connectivity index (χ1) is 20.4. The van der Waals surface area contributed by atoms with Crippen LogP contribution in [0.15, 0.2) is 45.6 Å². The van der Waals surface area contributed by atoms with Crippen molar-refractivity contribution in [2.24, 2.45) is 0 Å². The van der Waals surface area contributed by atoms with E-state index in [0.29, 0.717) is 5.56 Å². The maximum atomic E-state index is 12.9. The van der Waals surface area contributed by atoms with Crippen molar-refractivity contribution in [3.8, 4) is 34.3 Å². The first-order valence-electron chi connectivity index (χ1n) is 13.3. The second-order valence-electron chi connectivity index (χ2n) is 10.3. The molecule has 2 aromatic carbocycles. The zero-order valence-electron chi connectivity index (χ0n) is 22.9. The van der Waals surface area contributed by atoms with E-state index in [1.807, 2.05) is 0 Å². The van der Waals surface area contributed by atoms with Crippen LogP contribution >= 0.6 is 0 Å². The van der Waals surface area contributed by atoms with Crippen LogP contribution in [0.3, 0.4) is 0 Å². The Morgan fingerprint density at radius 2 is 1.58 bits per heavy atom. The Balaban J connectivity index is 1.48. The Morgan fingerprint density at radius 1 is 0.837 bits per heavy atom. The number of aliphatic hydroxyl groups excluding tert-OH is 6. The van der Waals surface area contributed by atoms with Gasteiger partial charge < -0.3 is 69.0 Å². The topological polar surface area (TPSA) is 238 Å². The van der Waals surface area contributed by atoms with Crippen LogP contribution in [0.1, 0.15) is 6.92 Å². The molecule has 15 heteroatoms. The standard InChI is InChI=1S/C28H32O15/c1-10-21(33)23(35)25(37)27(39-10)43-26-24(36)22(34)19(9-29)42-28(26)40-12-6-14(31)20-15(32)8-17(41-18(20)7-12)11-3-4-16(38-2)13(30)5-11/h3-8,10,19,21-31,33-37H,9H2,1-2H3/t10-,19-,21+,22-,23+,24-,25+,26+,27+,28-/m1/s1. The van der Waals surface area contributed by atoms with Crippen molar-refractivity contribution in [3.05, 3.63) is 46.6 Å². The van der Waals surface area contributed by atoms with Crippen molar-refractivity contribution in [2.45, 2.75) is 68.3 Å². The molecule has 0 saturated carbocycles. The van der Waals surface area contributed by atoms with E-state index in [2.05, 4.69) is 0 Å². The van der Waals surface area contributed by atoms with E-state index in [0.717, 1.165) is 12.1 Å². The molecule has 2 aliphatic heterocycles. The van der Waals surface area contributed by atoms with Gasteiger partial charge in [-0.15, -0.1) is 0 Å². The van der Waals surface area contributed by atoms with Crippen LogP contribution in [0.25, 0.3) is 22.3 Å². The Bertz CT molecular complexity index is 1510. The van der Waals surface area contributed by atoms with E-state index >= 15 is 0 Å². The molecular formula is C28H32O15. The number of fused-ring (bicyclic) bond motifs is 1. The molecule has 3 heterocycles. The van der Waals surface area contributed by atoms with Crippen LogP contribution in [0.5, 0.6) is 23.0 Å². The molecule has 15 nitrogen and oxygen atoms in total. The van der Waals surface area contributed by atoms with Gasteiger partial charge in [0.25, 0.3) is 0 Å². The summed E-state index contributed by atoms with van der Waals surface area (Å²) in [4.78, 5) is 12.9. The van der Waals surface area contributed by atoms with Crippen molar-refractivity contribution < 1.29 is 69.0 Å². The molecule has 0 radical (unpaired) electrons. The molecule has 43 heavy (non-hydrogen) atoms. The van der Waals surface area contributed by atoms with Crippen molar-refractivity contribution in [3.63, 3.8) is 0 Å². The fraction of sp³-hybridized carbons (Fsp3) is 0.464. The second-order valence-corrected chi connectivity index (χ2v) is 10.3. The second kappa shape index (κ2) is 12.2. The Hall–Kier alpha value is -3.51. The molecule has 2 saturated heterocycles. The van der Waals surface area contributed by atoms with Gasteiger partial charge in [0.1, 0.15) is 64.9 Å². The monoisotopic (exact) mass is 608 g/mol. The van der Waals surface area contributed by atoms with Crippen molar-refractivity contribution in [1.29, 1.82) is 0 Å². The highest BCUT2D eigenvalue weighted by atomic mass is 16.8. The zero-order chi connectivity index (χ0) is 31.2. The van der Waals surface area contributed by atoms with E-state index in [1.165, 1.54) is 32.2 Å². The minimum absolute atomic E-state index is 0.0410. The van der Waals surface area contributed by atoms with Gasteiger partial charge in [0.15, 0.2) is 29.3 Å². The van der Waals surface area contributed by atoms with Crippen molar-refractivity contribution in [2.75, 3.05) is 13.7 Å². The molecule has 0 unspecified atom stereocenters. The highest BCUT2D eigenvalue weighted by Crippen LogP contribution is 2.36. The predicted octanol–water partition coefficient (Wildman–Crippen LogP) is -1.09. The molecule has 0 bridgehead atoms. The summed E-state index contributed by atoms with van der Waals surface area (Å²) in [6.07, 6.45) is -15.4. The molecule has 234 valence electrons. The maximum absolute atomic E-state index is 12.9. The minimum Gasteiger partial charge on any atom is -0.507 e. The van der Waals surface area contributed by atoms with Gasteiger partial charge in [0.05, 0.1) is 19.8 Å². The zero-order valence-corrected chi connectivity index (χ0v) is 22.9. The Labute approximate surface area is 243 Å². The number of hydrogen-bond acceptors (Lipinski definition) is 15. The van der Waals surface area contributed by atoms with Crippen LogP contribution in [-0.4, -0.2) is 116 Å². The van der Waals surface area contributed by atoms with Gasteiger partial charge in [0.2, 0.25) is 6.29 Å². The predicted molar refractivity (Wildman–Crippen MR) is 143 cm³/mol. The van der Waals surface area contributed by atoms with Gasteiger partial charge in [0, 0.05) is 23.8 Å². The maximum Gasteiger partial charge on any atom is 0.229 e. The summed E-state index contributed by atoms with van der Waals surface area (Å²) >= 11 is 0. The normalized spacial score (nSPS) is 32.9. The fourth-order valence-electron chi connectivity index (χ4n) is 5.01. The quantitative estimate of drug-likeness (QED) is 0.159. The molecule has 1 aromatic heterocycles. The van der Waals surface area contributed by atoms with Crippen molar-refractivity contribution >= 4 is 11.0 Å². The fourth-order valence-corrected chi connectivity index (χ4v) is 5.01. The Kier molecular flexibility index (Phi) is 8.80.